The van der Waals surface area contributed by atoms with Gasteiger partial charge in [-0.15, -0.1) is 23.1 Å². The summed E-state index contributed by atoms with van der Waals surface area (Å²) in [7, 11) is 4.75. The van der Waals surface area contributed by atoms with Crippen molar-refractivity contribution in [2.75, 3.05) is 32.0 Å². The summed E-state index contributed by atoms with van der Waals surface area (Å²) < 4.78 is 15.8. The van der Waals surface area contributed by atoms with Crippen molar-refractivity contribution >= 4 is 45.7 Å². The first-order valence-electron chi connectivity index (χ1n) is 11.6. The first-order chi connectivity index (χ1) is 18.4. The van der Waals surface area contributed by atoms with Crippen LogP contribution in [0.15, 0.2) is 77.0 Å². The molecule has 0 saturated carbocycles. The van der Waals surface area contributed by atoms with Crippen molar-refractivity contribution in [2.24, 2.45) is 0 Å². The second kappa shape index (κ2) is 12.5. The lowest BCUT2D eigenvalue weighted by Gasteiger charge is -2.11. The van der Waals surface area contributed by atoms with Gasteiger partial charge in [0.1, 0.15) is 5.75 Å². The quantitative estimate of drug-likeness (QED) is 0.227. The van der Waals surface area contributed by atoms with E-state index in [0.29, 0.717) is 33.6 Å². The molecule has 0 aliphatic rings. The highest BCUT2D eigenvalue weighted by Crippen LogP contribution is 2.34. The highest BCUT2D eigenvalue weighted by Gasteiger charge is 2.17. The Morgan fingerprint density at radius 2 is 1.58 bits per heavy atom. The highest BCUT2D eigenvalue weighted by atomic mass is 32.2. The number of rotatable bonds is 10. The standard InChI is InChI=1S/C28H27N3O5S2/c1-17(26(32)31-28-30-23(16-37-28)19-7-14-24(35-3)25(15-19)36-4)38-22-12-8-20(9-13-22)29-27(33)18-5-10-21(34-2)11-6-18/h5-17H,1-4H3,(H,29,33)(H,30,31,32). The number of ether oxygens (including phenoxy) is 3. The number of thiazole rings is 1. The number of carbonyl (C=O) groups excluding carboxylic acids is 2. The van der Waals surface area contributed by atoms with E-state index >= 15 is 0 Å². The van der Waals surface area contributed by atoms with E-state index in [4.69, 9.17) is 14.2 Å². The maximum Gasteiger partial charge on any atom is 0.255 e. The van der Waals surface area contributed by atoms with Gasteiger partial charge in [0.2, 0.25) is 5.91 Å². The smallest absolute Gasteiger partial charge is 0.255 e. The van der Waals surface area contributed by atoms with Gasteiger partial charge in [-0.2, -0.15) is 0 Å². The highest BCUT2D eigenvalue weighted by molar-refractivity contribution is 8.00. The number of hydrogen-bond acceptors (Lipinski definition) is 8. The number of nitrogens with zero attached hydrogens (tertiary/aromatic N) is 1. The largest absolute Gasteiger partial charge is 0.497 e. The molecule has 0 spiro atoms. The molecule has 4 aromatic rings. The molecule has 8 nitrogen and oxygen atoms in total. The van der Waals surface area contributed by atoms with Gasteiger partial charge in [0.05, 0.1) is 32.3 Å². The summed E-state index contributed by atoms with van der Waals surface area (Å²) >= 11 is 2.78. The molecule has 3 aromatic carbocycles. The number of methoxy groups -OCH3 is 3. The summed E-state index contributed by atoms with van der Waals surface area (Å²) in [6, 6.07) is 19.8. The third-order valence-corrected chi connectivity index (χ3v) is 7.43. The average molecular weight is 550 g/mol. The van der Waals surface area contributed by atoms with Crippen molar-refractivity contribution in [2.45, 2.75) is 17.1 Å². The van der Waals surface area contributed by atoms with E-state index in [9.17, 15) is 9.59 Å². The number of benzene rings is 3. The Morgan fingerprint density at radius 1 is 0.868 bits per heavy atom. The lowest BCUT2D eigenvalue weighted by Crippen LogP contribution is -2.22. The van der Waals surface area contributed by atoms with Crippen LogP contribution in [-0.4, -0.2) is 43.4 Å². The monoisotopic (exact) mass is 549 g/mol. The third kappa shape index (κ3) is 6.64. The van der Waals surface area contributed by atoms with E-state index in [2.05, 4.69) is 15.6 Å². The lowest BCUT2D eigenvalue weighted by atomic mass is 10.1. The Kier molecular flexibility index (Phi) is 8.88. The number of aromatic nitrogens is 1. The van der Waals surface area contributed by atoms with Crippen LogP contribution in [0.5, 0.6) is 17.2 Å². The normalized spacial score (nSPS) is 11.4. The van der Waals surface area contributed by atoms with E-state index in [1.54, 1.807) is 45.6 Å². The predicted octanol–water partition coefficient (Wildman–Crippen LogP) is 6.21. The summed E-state index contributed by atoms with van der Waals surface area (Å²) in [5.41, 5.74) is 2.79. The van der Waals surface area contributed by atoms with Gasteiger partial charge in [0.15, 0.2) is 16.6 Å². The van der Waals surface area contributed by atoms with Crippen molar-refractivity contribution in [3.05, 3.63) is 77.7 Å². The van der Waals surface area contributed by atoms with Crippen LogP contribution in [-0.2, 0) is 4.79 Å². The van der Waals surface area contributed by atoms with Crippen LogP contribution < -0.4 is 24.8 Å². The topological polar surface area (TPSA) is 98.8 Å². The first kappa shape index (κ1) is 27.0. The fourth-order valence-corrected chi connectivity index (χ4v) is 5.08. The average Bonchev–Trinajstić information content (AvgIpc) is 3.42. The molecule has 4 rings (SSSR count). The number of amides is 2. The Hall–Kier alpha value is -4.02. The molecule has 2 N–H and O–H groups in total. The molecule has 38 heavy (non-hydrogen) atoms. The minimum Gasteiger partial charge on any atom is -0.497 e. The molecule has 0 radical (unpaired) electrons. The summed E-state index contributed by atoms with van der Waals surface area (Å²) in [6.45, 7) is 1.84. The van der Waals surface area contributed by atoms with Gasteiger partial charge in [-0.3, -0.25) is 9.59 Å². The van der Waals surface area contributed by atoms with Crippen molar-refractivity contribution in [3.63, 3.8) is 0 Å². The van der Waals surface area contributed by atoms with Crippen LogP contribution in [0.1, 0.15) is 17.3 Å². The predicted molar refractivity (Wildman–Crippen MR) is 152 cm³/mol. The fraction of sp³-hybridized carbons (Fsp3) is 0.179. The van der Waals surface area contributed by atoms with Crippen molar-refractivity contribution in [1.29, 1.82) is 0 Å². The van der Waals surface area contributed by atoms with E-state index in [1.165, 1.54) is 23.1 Å². The Morgan fingerprint density at radius 3 is 2.24 bits per heavy atom. The Labute approximate surface area is 229 Å². The lowest BCUT2D eigenvalue weighted by molar-refractivity contribution is -0.115. The van der Waals surface area contributed by atoms with Crippen LogP contribution in [0, 0.1) is 0 Å². The number of carbonyl (C=O) groups is 2. The zero-order valence-electron chi connectivity index (χ0n) is 21.3. The van der Waals surface area contributed by atoms with Crippen LogP contribution >= 0.6 is 23.1 Å². The molecule has 1 aromatic heterocycles. The molecule has 0 saturated heterocycles. The number of anilines is 2. The second-order valence-corrected chi connectivity index (χ2v) is 10.3. The maximum atomic E-state index is 12.8. The molecule has 0 aliphatic carbocycles. The zero-order chi connectivity index (χ0) is 27.1. The molecule has 1 heterocycles. The molecule has 1 atom stereocenters. The SMILES string of the molecule is COc1ccc(C(=O)Nc2ccc(SC(C)C(=O)Nc3nc(-c4ccc(OC)c(OC)c4)cs3)cc2)cc1. The first-order valence-corrected chi connectivity index (χ1v) is 13.4. The van der Waals surface area contributed by atoms with Crippen LogP contribution in [0.4, 0.5) is 10.8 Å². The molecule has 2 amide bonds. The van der Waals surface area contributed by atoms with Crippen molar-refractivity contribution < 1.29 is 23.8 Å². The summed E-state index contributed by atoms with van der Waals surface area (Å²) in [5.74, 6) is 1.57. The molecule has 1 unspecified atom stereocenters. The maximum absolute atomic E-state index is 12.8. The summed E-state index contributed by atoms with van der Waals surface area (Å²) in [4.78, 5) is 30.7. The molecule has 0 aliphatic heterocycles. The molecular weight excluding hydrogens is 522 g/mol. The van der Waals surface area contributed by atoms with Crippen molar-refractivity contribution in [1.82, 2.24) is 4.98 Å². The van der Waals surface area contributed by atoms with Gasteiger partial charge in [-0.1, -0.05) is 0 Å². The number of thioether (sulfide) groups is 1. The van der Waals surface area contributed by atoms with Gasteiger partial charge in [-0.25, -0.2) is 4.98 Å². The zero-order valence-corrected chi connectivity index (χ0v) is 22.9. The Bertz CT molecular complexity index is 1410. The van der Waals surface area contributed by atoms with E-state index in [-0.39, 0.29) is 17.1 Å². The summed E-state index contributed by atoms with van der Waals surface area (Å²) in [5, 5.41) is 7.81. The van der Waals surface area contributed by atoms with E-state index < -0.39 is 0 Å². The fourth-order valence-electron chi connectivity index (χ4n) is 3.49. The number of hydrogen-bond donors (Lipinski definition) is 2. The molecule has 0 fully saturated rings. The minimum atomic E-state index is -0.358. The second-order valence-electron chi connectivity index (χ2n) is 8.06. The third-order valence-electron chi connectivity index (χ3n) is 5.56. The summed E-state index contributed by atoms with van der Waals surface area (Å²) in [6.07, 6.45) is 0. The van der Waals surface area contributed by atoms with Gasteiger partial charge in [0, 0.05) is 27.1 Å². The number of nitrogens with one attached hydrogen (secondary N) is 2. The Balaban J connectivity index is 1.32. The minimum absolute atomic E-state index is 0.153. The van der Waals surface area contributed by atoms with Gasteiger partial charge < -0.3 is 24.8 Å². The molecule has 196 valence electrons. The van der Waals surface area contributed by atoms with Gasteiger partial charge in [0.25, 0.3) is 5.91 Å². The molecular formula is C28H27N3O5S2. The van der Waals surface area contributed by atoms with Crippen LogP contribution in [0.25, 0.3) is 11.3 Å². The van der Waals surface area contributed by atoms with Crippen LogP contribution in [0.2, 0.25) is 0 Å². The van der Waals surface area contributed by atoms with E-state index in [0.717, 1.165) is 16.2 Å². The van der Waals surface area contributed by atoms with Crippen LogP contribution in [0.3, 0.4) is 0 Å². The van der Waals surface area contributed by atoms with Crippen molar-refractivity contribution in [3.8, 4) is 28.5 Å². The molecule has 0 bridgehead atoms. The van der Waals surface area contributed by atoms with E-state index in [1.807, 2.05) is 54.8 Å². The molecule has 10 heteroatoms. The van der Waals surface area contributed by atoms with Gasteiger partial charge in [-0.05, 0) is 73.7 Å². The van der Waals surface area contributed by atoms with Gasteiger partial charge >= 0.3 is 0 Å².